The quantitative estimate of drug-likeness (QED) is 0.333. The molecule has 5 N–H and O–H groups in total. The van der Waals surface area contributed by atoms with E-state index in [0.717, 1.165) is 6.07 Å². The molecule has 1 unspecified atom stereocenters. The predicted octanol–water partition coefficient (Wildman–Crippen LogP) is 0.361. The summed E-state index contributed by atoms with van der Waals surface area (Å²) in [6.07, 6.45) is -7.49. The molecule has 1 aromatic heterocycles. The van der Waals surface area contributed by atoms with E-state index in [0.29, 0.717) is 17.1 Å². The fraction of sp³-hybridized carbons (Fsp3) is 0.348. The lowest BCUT2D eigenvalue weighted by molar-refractivity contribution is -0.277. The van der Waals surface area contributed by atoms with Crippen molar-refractivity contribution in [3.8, 4) is 34.3 Å². The second-order valence-corrected chi connectivity index (χ2v) is 7.68. The van der Waals surface area contributed by atoms with Crippen LogP contribution in [0.5, 0.6) is 23.0 Å². The molecule has 0 spiro atoms. The summed E-state index contributed by atoms with van der Waals surface area (Å²) in [7, 11) is 2.96. The number of ether oxygens (including phenoxy) is 4. The summed E-state index contributed by atoms with van der Waals surface area (Å²) in [5.41, 5.74) is -0.0174. The monoisotopic (exact) mass is 476 g/mol. The van der Waals surface area contributed by atoms with E-state index >= 15 is 0 Å². The Kier molecular flexibility index (Phi) is 6.64. The van der Waals surface area contributed by atoms with Crippen molar-refractivity contribution in [1.82, 2.24) is 0 Å². The first-order valence-electron chi connectivity index (χ1n) is 10.3. The summed E-state index contributed by atoms with van der Waals surface area (Å²) < 4.78 is 27.2. The number of phenolic OH excluding ortho intramolecular Hbond substituents is 1. The van der Waals surface area contributed by atoms with Crippen molar-refractivity contribution in [2.24, 2.45) is 0 Å². The minimum absolute atomic E-state index is 0.0168. The van der Waals surface area contributed by atoms with Gasteiger partial charge in [-0.3, -0.25) is 4.79 Å². The zero-order chi connectivity index (χ0) is 24.6. The van der Waals surface area contributed by atoms with Crippen molar-refractivity contribution >= 4 is 11.0 Å². The number of hydrogen-bond donors (Lipinski definition) is 5. The molecule has 0 bridgehead atoms. The van der Waals surface area contributed by atoms with Crippen molar-refractivity contribution < 1.29 is 48.9 Å². The van der Waals surface area contributed by atoms with Crippen LogP contribution in [0.2, 0.25) is 0 Å². The van der Waals surface area contributed by atoms with E-state index in [2.05, 4.69) is 0 Å². The van der Waals surface area contributed by atoms with Gasteiger partial charge in [0, 0.05) is 23.8 Å². The fourth-order valence-corrected chi connectivity index (χ4v) is 3.74. The molecule has 0 amide bonds. The molecule has 2 aromatic carbocycles. The number of aromatic hydroxyl groups is 1. The summed E-state index contributed by atoms with van der Waals surface area (Å²) in [5, 5.41) is 49.7. The molecule has 0 radical (unpaired) electrons. The Balaban J connectivity index is 1.72. The largest absolute Gasteiger partial charge is 0.507 e. The van der Waals surface area contributed by atoms with Gasteiger partial charge in [-0.15, -0.1) is 0 Å². The third-order valence-corrected chi connectivity index (χ3v) is 5.55. The van der Waals surface area contributed by atoms with Crippen molar-refractivity contribution in [2.75, 3.05) is 20.8 Å². The maximum absolute atomic E-state index is 12.7. The van der Waals surface area contributed by atoms with Crippen LogP contribution >= 0.6 is 0 Å². The molecule has 1 aliphatic rings. The van der Waals surface area contributed by atoms with Gasteiger partial charge in [0.15, 0.2) is 16.9 Å². The van der Waals surface area contributed by atoms with E-state index in [9.17, 15) is 30.3 Å². The summed E-state index contributed by atoms with van der Waals surface area (Å²) in [6.45, 7) is -0.628. The number of aliphatic hydroxyl groups is 4. The Morgan fingerprint density at radius 3 is 2.35 bits per heavy atom. The second kappa shape index (κ2) is 9.49. The molecule has 3 aromatic rings. The van der Waals surface area contributed by atoms with Crippen LogP contribution in [0.15, 0.2) is 45.6 Å². The number of hydrogen-bond acceptors (Lipinski definition) is 11. The van der Waals surface area contributed by atoms with Crippen LogP contribution in [0.1, 0.15) is 0 Å². The van der Waals surface area contributed by atoms with Gasteiger partial charge in [-0.05, 0) is 18.2 Å². The maximum atomic E-state index is 12.7. The molecule has 5 atom stereocenters. The highest BCUT2D eigenvalue weighted by atomic mass is 16.7. The highest BCUT2D eigenvalue weighted by molar-refractivity contribution is 5.86. The molecular weight excluding hydrogens is 452 g/mol. The van der Waals surface area contributed by atoms with Gasteiger partial charge >= 0.3 is 0 Å². The van der Waals surface area contributed by atoms with Gasteiger partial charge in [0.2, 0.25) is 6.29 Å². The highest BCUT2D eigenvalue weighted by Gasteiger charge is 2.44. The van der Waals surface area contributed by atoms with Gasteiger partial charge < -0.3 is 48.9 Å². The first kappa shape index (κ1) is 23.8. The van der Waals surface area contributed by atoms with Crippen molar-refractivity contribution in [3.05, 3.63) is 46.6 Å². The van der Waals surface area contributed by atoms with Gasteiger partial charge in [-0.1, -0.05) is 0 Å². The third-order valence-electron chi connectivity index (χ3n) is 5.55. The molecule has 11 heteroatoms. The zero-order valence-corrected chi connectivity index (χ0v) is 18.2. The summed E-state index contributed by atoms with van der Waals surface area (Å²) in [6, 6.07) is 8.59. The van der Waals surface area contributed by atoms with Crippen LogP contribution in [0.25, 0.3) is 22.3 Å². The normalized spacial score (nSPS) is 24.7. The number of aliphatic hydroxyl groups excluding tert-OH is 4. The average Bonchev–Trinajstić information content (AvgIpc) is 2.83. The molecule has 0 saturated carbocycles. The van der Waals surface area contributed by atoms with E-state index in [1.807, 2.05) is 0 Å². The number of benzene rings is 2. The minimum Gasteiger partial charge on any atom is -0.507 e. The van der Waals surface area contributed by atoms with Crippen LogP contribution in [-0.2, 0) is 4.74 Å². The van der Waals surface area contributed by atoms with Crippen molar-refractivity contribution in [2.45, 2.75) is 30.7 Å². The lowest BCUT2D eigenvalue weighted by Gasteiger charge is -2.39. The van der Waals surface area contributed by atoms with Crippen LogP contribution in [0.3, 0.4) is 0 Å². The van der Waals surface area contributed by atoms with Gasteiger partial charge in [0.1, 0.15) is 52.6 Å². The SMILES string of the molecule is COc1ccc(-c2cc(=O)c3c(O)cc(OC4O[C@H](CO)[C@@H](O)[C@H](O)[C@H]4O)cc3o2)cc1OC. The third kappa shape index (κ3) is 4.27. The lowest BCUT2D eigenvalue weighted by Crippen LogP contribution is -2.60. The van der Waals surface area contributed by atoms with Crippen molar-refractivity contribution in [3.63, 3.8) is 0 Å². The molecule has 2 heterocycles. The Labute approximate surface area is 192 Å². The van der Waals surface area contributed by atoms with Gasteiger partial charge in [-0.2, -0.15) is 0 Å². The smallest absolute Gasteiger partial charge is 0.229 e. The van der Waals surface area contributed by atoms with Crippen LogP contribution in [-0.4, -0.2) is 77.1 Å². The first-order valence-corrected chi connectivity index (χ1v) is 10.3. The van der Waals surface area contributed by atoms with E-state index in [1.165, 1.54) is 26.4 Å². The van der Waals surface area contributed by atoms with E-state index in [4.69, 9.17) is 23.4 Å². The fourth-order valence-electron chi connectivity index (χ4n) is 3.74. The Hall–Kier alpha value is -3.35. The average molecular weight is 476 g/mol. The lowest BCUT2D eigenvalue weighted by atomic mass is 9.99. The molecule has 4 rings (SSSR count). The zero-order valence-electron chi connectivity index (χ0n) is 18.2. The maximum Gasteiger partial charge on any atom is 0.229 e. The van der Waals surface area contributed by atoms with Gasteiger partial charge in [0.05, 0.1) is 20.8 Å². The number of rotatable bonds is 6. The summed E-state index contributed by atoms with van der Waals surface area (Å²) in [4.78, 5) is 12.7. The van der Waals surface area contributed by atoms with Crippen LogP contribution in [0, 0.1) is 0 Å². The summed E-state index contributed by atoms with van der Waals surface area (Å²) in [5.74, 6) is 0.599. The molecule has 0 aliphatic carbocycles. The van der Waals surface area contributed by atoms with Crippen LogP contribution < -0.4 is 19.6 Å². The Morgan fingerprint density at radius 2 is 1.68 bits per heavy atom. The Morgan fingerprint density at radius 1 is 0.941 bits per heavy atom. The second-order valence-electron chi connectivity index (χ2n) is 7.68. The molecular formula is C23H24O11. The molecule has 182 valence electrons. The molecule has 11 nitrogen and oxygen atoms in total. The standard InChI is InChI=1S/C23H24O11/c1-30-14-4-3-10(5-16(14)31-2)15-8-13(26)19-12(25)6-11(7-17(19)33-15)32-23-22(29)21(28)20(27)18(9-24)34-23/h3-8,18,20-25,27-29H,9H2,1-2H3/t18-,20-,21+,22-,23?/m1/s1. The topological polar surface area (TPSA) is 168 Å². The number of phenols is 1. The van der Waals surface area contributed by atoms with Crippen molar-refractivity contribution in [1.29, 1.82) is 0 Å². The molecule has 34 heavy (non-hydrogen) atoms. The Bertz CT molecular complexity index is 1240. The predicted molar refractivity (Wildman–Crippen MR) is 117 cm³/mol. The molecule has 1 saturated heterocycles. The van der Waals surface area contributed by atoms with E-state index in [1.54, 1.807) is 18.2 Å². The number of fused-ring (bicyclic) bond motifs is 1. The van der Waals surface area contributed by atoms with E-state index < -0.39 is 48.5 Å². The number of methoxy groups -OCH3 is 2. The van der Waals surface area contributed by atoms with Crippen LogP contribution in [0.4, 0.5) is 0 Å². The minimum atomic E-state index is -1.65. The van der Waals surface area contributed by atoms with Gasteiger partial charge in [-0.25, -0.2) is 0 Å². The van der Waals surface area contributed by atoms with Gasteiger partial charge in [0.25, 0.3) is 0 Å². The molecule has 1 aliphatic heterocycles. The van der Waals surface area contributed by atoms with E-state index in [-0.39, 0.29) is 22.5 Å². The molecule has 1 fully saturated rings. The highest BCUT2D eigenvalue weighted by Crippen LogP contribution is 2.35. The first-order chi connectivity index (χ1) is 16.3. The summed E-state index contributed by atoms with van der Waals surface area (Å²) >= 11 is 0.